The smallest absolute Gasteiger partial charge is 0.195 e. The summed E-state index contributed by atoms with van der Waals surface area (Å²) in [5.41, 5.74) is 0. The van der Waals surface area contributed by atoms with Gasteiger partial charge < -0.3 is 4.74 Å². The van der Waals surface area contributed by atoms with Crippen molar-refractivity contribution in [1.82, 2.24) is 14.8 Å². The van der Waals surface area contributed by atoms with Crippen molar-refractivity contribution in [2.24, 2.45) is 0 Å². The predicted molar refractivity (Wildman–Crippen MR) is 93.6 cm³/mol. The number of hydrogen-bond acceptors (Lipinski definition) is 3. The van der Waals surface area contributed by atoms with Crippen LogP contribution in [0.5, 0.6) is 5.75 Å². The molecule has 112 valence electrons. The molecule has 22 heavy (non-hydrogen) atoms. The molecule has 0 unspecified atom stereocenters. The Morgan fingerprint density at radius 1 is 1.27 bits per heavy atom. The van der Waals surface area contributed by atoms with Gasteiger partial charge in [0, 0.05) is 11.0 Å². The minimum atomic E-state index is 0.350. The van der Waals surface area contributed by atoms with Crippen LogP contribution in [-0.2, 0) is 13.2 Å². The lowest BCUT2D eigenvalue weighted by atomic mass is 10.1. The largest absolute Gasteiger partial charge is 0.486 e. The van der Waals surface area contributed by atoms with Gasteiger partial charge in [0.2, 0.25) is 0 Å². The highest BCUT2D eigenvalue weighted by atomic mass is 79.9. The van der Waals surface area contributed by atoms with Crippen LogP contribution < -0.4 is 4.74 Å². The number of H-pyrrole nitrogens is 1. The zero-order valence-corrected chi connectivity index (χ0v) is 14.2. The molecule has 1 N–H and O–H groups in total. The van der Waals surface area contributed by atoms with Gasteiger partial charge in [-0.2, -0.15) is 5.10 Å². The topological polar surface area (TPSA) is 42.8 Å². The fourth-order valence-electron chi connectivity index (χ4n) is 2.21. The summed E-state index contributed by atoms with van der Waals surface area (Å²) < 4.78 is 9.33. The van der Waals surface area contributed by atoms with Crippen LogP contribution in [0.15, 0.2) is 53.5 Å². The molecule has 0 bridgehead atoms. The summed E-state index contributed by atoms with van der Waals surface area (Å²) in [5, 5.41) is 9.26. The normalized spacial score (nSPS) is 10.8. The van der Waals surface area contributed by atoms with E-state index in [4.69, 9.17) is 17.0 Å². The summed E-state index contributed by atoms with van der Waals surface area (Å²) in [7, 11) is 0. The highest BCUT2D eigenvalue weighted by molar-refractivity contribution is 9.10. The van der Waals surface area contributed by atoms with Gasteiger partial charge in [0.1, 0.15) is 12.4 Å². The van der Waals surface area contributed by atoms with Crippen LogP contribution in [0.2, 0.25) is 0 Å². The lowest BCUT2D eigenvalue weighted by molar-refractivity contribution is 0.290. The van der Waals surface area contributed by atoms with Gasteiger partial charge in [0.25, 0.3) is 0 Å². The summed E-state index contributed by atoms with van der Waals surface area (Å²) in [6, 6.07) is 12.2. The zero-order chi connectivity index (χ0) is 15.5. The number of rotatable bonds is 5. The molecular weight excluding hydrogens is 362 g/mol. The van der Waals surface area contributed by atoms with Crippen LogP contribution in [0.25, 0.3) is 10.8 Å². The highest BCUT2D eigenvalue weighted by Gasteiger charge is 2.06. The number of fused-ring (bicyclic) bond motifs is 1. The number of halogens is 1. The standard InChI is InChI=1S/C16H14BrN3OS/c1-2-7-20-15(18-19-16(20)22)10-21-14-6-4-11-8-13(17)5-3-12(11)9-14/h2-6,8-9H,1,7,10H2,(H,19,22). The van der Waals surface area contributed by atoms with Crippen LogP contribution in [0.1, 0.15) is 5.82 Å². The average Bonchev–Trinajstić information content (AvgIpc) is 2.86. The van der Waals surface area contributed by atoms with Crippen molar-refractivity contribution in [1.29, 1.82) is 0 Å². The Balaban J connectivity index is 1.80. The van der Waals surface area contributed by atoms with Gasteiger partial charge in [0.15, 0.2) is 10.6 Å². The molecule has 0 aliphatic carbocycles. The van der Waals surface area contributed by atoms with Gasteiger partial charge in [-0.15, -0.1) is 6.58 Å². The molecule has 0 aliphatic rings. The quantitative estimate of drug-likeness (QED) is 0.522. The summed E-state index contributed by atoms with van der Waals surface area (Å²) in [5.74, 6) is 1.55. The van der Waals surface area contributed by atoms with E-state index < -0.39 is 0 Å². The molecule has 6 heteroatoms. The number of hydrogen-bond donors (Lipinski definition) is 1. The van der Waals surface area contributed by atoms with E-state index >= 15 is 0 Å². The fraction of sp³-hybridized carbons (Fsp3) is 0.125. The first kappa shape index (κ1) is 15.0. The summed E-state index contributed by atoms with van der Waals surface area (Å²) >= 11 is 8.66. The highest BCUT2D eigenvalue weighted by Crippen LogP contribution is 2.24. The van der Waals surface area contributed by atoms with E-state index in [2.05, 4.69) is 44.8 Å². The number of nitrogens with zero attached hydrogens (tertiary/aromatic N) is 2. The maximum Gasteiger partial charge on any atom is 0.195 e. The maximum atomic E-state index is 5.84. The Morgan fingerprint density at radius 2 is 2.05 bits per heavy atom. The molecule has 3 aromatic rings. The number of ether oxygens (including phenoxy) is 1. The number of allylic oxidation sites excluding steroid dienone is 1. The van der Waals surface area contributed by atoms with Crippen molar-refractivity contribution in [3.05, 3.63) is 64.1 Å². The first-order chi connectivity index (χ1) is 10.7. The van der Waals surface area contributed by atoms with E-state index in [0.717, 1.165) is 26.8 Å². The number of aromatic amines is 1. The van der Waals surface area contributed by atoms with E-state index in [-0.39, 0.29) is 0 Å². The zero-order valence-electron chi connectivity index (χ0n) is 11.8. The SMILES string of the molecule is C=CCn1c(COc2ccc3cc(Br)ccc3c2)n[nH]c1=S. The van der Waals surface area contributed by atoms with Crippen molar-refractivity contribution in [2.75, 3.05) is 0 Å². The molecule has 3 rings (SSSR count). The van der Waals surface area contributed by atoms with Crippen LogP contribution in [0.4, 0.5) is 0 Å². The first-order valence-corrected chi connectivity index (χ1v) is 7.94. The minimum Gasteiger partial charge on any atom is -0.486 e. The lowest BCUT2D eigenvalue weighted by Gasteiger charge is -2.08. The third-order valence-electron chi connectivity index (χ3n) is 3.29. The second kappa shape index (κ2) is 6.46. The van der Waals surface area contributed by atoms with Crippen molar-refractivity contribution < 1.29 is 4.74 Å². The van der Waals surface area contributed by atoms with Crippen molar-refractivity contribution in [3.63, 3.8) is 0 Å². The molecule has 1 heterocycles. The van der Waals surface area contributed by atoms with Crippen LogP contribution in [-0.4, -0.2) is 14.8 Å². The fourth-order valence-corrected chi connectivity index (χ4v) is 2.81. The second-order valence-electron chi connectivity index (χ2n) is 4.79. The molecular formula is C16H14BrN3OS. The van der Waals surface area contributed by atoms with Gasteiger partial charge in [-0.3, -0.25) is 9.67 Å². The lowest BCUT2D eigenvalue weighted by Crippen LogP contribution is -2.06. The van der Waals surface area contributed by atoms with E-state index in [1.165, 1.54) is 0 Å². The third-order valence-corrected chi connectivity index (χ3v) is 4.10. The van der Waals surface area contributed by atoms with E-state index in [1.54, 1.807) is 6.08 Å². The van der Waals surface area contributed by atoms with E-state index in [1.807, 2.05) is 28.8 Å². The molecule has 0 fully saturated rings. The molecule has 0 radical (unpaired) electrons. The summed E-state index contributed by atoms with van der Waals surface area (Å²) in [6.45, 7) is 4.68. The first-order valence-electron chi connectivity index (χ1n) is 6.74. The summed E-state index contributed by atoms with van der Waals surface area (Å²) in [6.07, 6.45) is 1.78. The van der Waals surface area contributed by atoms with E-state index in [0.29, 0.717) is 17.9 Å². The molecule has 0 aliphatic heterocycles. The molecule has 1 aromatic heterocycles. The Labute approximate surface area is 141 Å². The Kier molecular flexibility index (Phi) is 4.40. The molecule has 0 saturated heterocycles. The van der Waals surface area contributed by atoms with Gasteiger partial charge in [0.05, 0.1) is 0 Å². The number of nitrogens with one attached hydrogen (secondary N) is 1. The molecule has 2 aromatic carbocycles. The van der Waals surface area contributed by atoms with Crippen LogP contribution in [0.3, 0.4) is 0 Å². The van der Waals surface area contributed by atoms with Crippen LogP contribution >= 0.6 is 28.1 Å². The molecule has 4 nitrogen and oxygen atoms in total. The molecule has 0 saturated carbocycles. The molecule has 0 atom stereocenters. The van der Waals surface area contributed by atoms with E-state index in [9.17, 15) is 0 Å². The van der Waals surface area contributed by atoms with Crippen molar-refractivity contribution in [2.45, 2.75) is 13.2 Å². The second-order valence-corrected chi connectivity index (χ2v) is 6.09. The van der Waals surface area contributed by atoms with Crippen LogP contribution in [0, 0.1) is 4.77 Å². The Hall–Kier alpha value is -1.92. The minimum absolute atomic E-state index is 0.350. The molecule has 0 spiro atoms. The Bertz CT molecular complexity index is 884. The monoisotopic (exact) mass is 375 g/mol. The average molecular weight is 376 g/mol. The van der Waals surface area contributed by atoms with Gasteiger partial charge >= 0.3 is 0 Å². The van der Waals surface area contributed by atoms with Gasteiger partial charge in [-0.25, -0.2) is 0 Å². The number of benzene rings is 2. The maximum absolute atomic E-state index is 5.84. The summed E-state index contributed by atoms with van der Waals surface area (Å²) in [4.78, 5) is 0. The predicted octanol–water partition coefficient (Wildman–Crippen LogP) is 4.62. The third kappa shape index (κ3) is 3.13. The van der Waals surface area contributed by atoms with Gasteiger partial charge in [-0.1, -0.05) is 34.1 Å². The number of aromatic nitrogens is 3. The Morgan fingerprint density at radius 3 is 2.86 bits per heavy atom. The molecule has 0 amide bonds. The van der Waals surface area contributed by atoms with Crippen molar-refractivity contribution >= 4 is 38.9 Å². The van der Waals surface area contributed by atoms with Gasteiger partial charge in [-0.05, 0) is 47.3 Å². The van der Waals surface area contributed by atoms with Crippen molar-refractivity contribution in [3.8, 4) is 5.75 Å².